The molecular weight excluding hydrogens is 268 g/mol. The summed E-state index contributed by atoms with van der Waals surface area (Å²) in [6, 6.07) is 7.67. The Balaban J connectivity index is 2.43. The predicted molar refractivity (Wildman–Crippen MR) is 78.1 cm³/mol. The van der Waals surface area contributed by atoms with Crippen LogP contribution in [0.2, 0.25) is 0 Å². The molecule has 0 N–H and O–H groups in total. The molecule has 4 heteroatoms. The fourth-order valence-electron chi connectivity index (χ4n) is 3.24. The highest BCUT2D eigenvalue weighted by Crippen LogP contribution is 2.45. The zero-order chi connectivity index (χ0) is 15.5. The van der Waals surface area contributed by atoms with Crippen molar-refractivity contribution in [2.24, 2.45) is 5.92 Å². The van der Waals surface area contributed by atoms with Crippen LogP contribution >= 0.6 is 0 Å². The Bertz CT molecular complexity index is 497. The molecule has 1 aromatic carbocycles. The predicted octanol–water partition coefficient (Wildman–Crippen LogP) is 1.91. The van der Waals surface area contributed by atoms with Crippen molar-refractivity contribution >= 4 is 5.97 Å². The number of carboxylic acid groups (broad SMARTS) is 1. The number of carbonyl (C=O) groups is 1. The maximum atomic E-state index is 11.3. The number of rotatable bonds is 5. The van der Waals surface area contributed by atoms with Crippen molar-refractivity contribution in [1.29, 1.82) is 0 Å². The molecule has 0 unspecified atom stereocenters. The second-order valence-corrected chi connectivity index (χ2v) is 6.14. The average Bonchev–Trinajstić information content (AvgIpc) is 2.46. The van der Waals surface area contributed by atoms with Gasteiger partial charge in [-0.05, 0) is 31.2 Å². The maximum absolute atomic E-state index is 11.3. The summed E-state index contributed by atoms with van der Waals surface area (Å²) in [5.41, 5.74) is 0.476. The van der Waals surface area contributed by atoms with Crippen molar-refractivity contribution in [3.8, 4) is 5.75 Å². The molecule has 1 aliphatic rings. The zero-order valence-corrected chi connectivity index (χ0v) is 12.9. The van der Waals surface area contributed by atoms with E-state index in [2.05, 4.69) is 13.8 Å². The fourth-order valence-corrected chi connectivity index (χ4v) is 3.24. The van der Waals surface area contributed by atoms with Crippen LogP contribution < -0.4 is 9.84 Å². The molecule has 1 fully saturated rings. The van der Waals surface area contributed by atoms with Gasteiger partial charge in [0.25, 0.3) is 0 Å². The molecule has 0 aliphatic carbocycles. The number of carboxylic acids is 1. The van der Waals surface area contributed by atoms with E-state index in [1.54, 1.807) is 7.11 Å². The van der Waals surface area contributed by atoms with E-state index >= 15 is 0 Å². The van der Waals surface area contributed by atoms with Crippen molar-refractivity contribution in [2.45, 2.75) is 44.6 Å². The Morgan fingerprint density at radius 3 is 2.81 bits per heavy atom. The lowest BCUT2D eigenvalue weighted by Gasteiger charge is -2.43. The van der Waals surface area contributed by atoms with E-state index in [0.29, 0.717) is 25.4 Å². The molecule has 21 heavy (non-hydrogen) atoms. The smallest absolute Gasteiger partial charge is 0.122 e. The monoisotopic (exact) mass is 291 g/mol. The SMILES string of the molecule is COc1ccccc1[C@]1(CC(=O)[O-])CCO[C@@H](C(C)C)C1. The lowest BCUT2D eigenvalue weighted by atomic mass is 9.68. The minimum absolute atomic E-state index is 0.0000463. The summed E-state index contributed by atoms with van der Waals surface area (Å²) in [4.78, 5) is 11.3. The van der Waals surface area contributed by atoms with Crippen molar-refractivity contribution in [3.05, 3.63) is 29.8 Å². The van der Waals surface area contributed by atoms with E-state index in [4.69, 9.17) is 9.47 Å². The van der Waals surface area contributed by atoms with Crippen molar-refractivity contribution in [1.82, 2.24) is 0 Å². The lowest BCUT2D eigenvalue weighted by Crippen LogP contribution is -2.44. The molecule has 0 radical (unpaired) electrons. The van der Waals surface area contributed by atoms with Gasteiger partial charge in [-0.2, -0.15) is 0 Å². The molecule has 4 nitrogen and oxygen atoms in total. The molecular formula is C17H23O4-. The number of carbonyl (C=O) groups excluding carboxylic acids is 1. The molecule has 0 bridgehead atoms. The Labute approximate surface area is 126 Å². The summed E-state index contributed by atoms with van der Waals surface area (Å²) >= 11 is 0. The summed E-state index contributed by atoms with van der Waals surface area (Å²) in [6.07, 6.45) is 1.41. The van der Waals surface area contributed by atoms with Crippen LogP contribution in [-0.4, -0.2) is 25.8 Å². The highest BCUT2D eigenvalue weighted by atomic mass is 16.5. The first-order valence-electron chi connectivity index (χ1n) is 7.43. The molecule has 0 aromatic heterocycles. The van der Waals surface area contributed by atoms with Crippen LogP contribution in [0.3, 0.4) is 0 Å². The third kappa shape index (κ3) is 3.38. The van der Waals surface area contributed by atoms with Crippen LogP contribution in [0.5, 0.6) is 5.75 Å². The molecule has 0 amide bonds. The van der Waals surface area contributed by atoms with Gasteiger partial charge in [-0.1, -0.05) is 32.0 Å². The van der Waals surface area contributed by atoms with Crippen LogP contribution in [0.25, 0.3) is 0 Å². The van der Waals surface area contributed by atoms with E-state index in [1.165, 1.54) is 0 Å². The molecule has 2 atom stereocenters. The molecule has 1 saturated heterocycles. The number of aliphatic carboxylic acids is 1. The molecule has 0 spiro atoms. The first-order valence-corrected chi connectivity index (χ1v) is 7.43. The fraction of sp³-hybridized carbons (Fsp3) is 0.588. The van der Waals surface area contributed by atoms with Gasteiger partial charge in [0.2, 0.25) is 0 Å². The van der Waals surface area contributed by atoms with E-state index in [1.807, 2.05) is 24.3 Å². The summed E-state index contributed by atoms with van der Waals surface area (Å²) in [7, 11) is 1.62. The minimum atomic E-state index is -1.02. The average molecular weight is 291 g/mol. The van der Waals surface area contributed by atoms with E-state index in [0.717, 1.165) is 11.3 Å². The first kappa shape index (κ1) is 15.8. The van der Waals surface area contributed by atoms with Gasteiger partial charge in [-0.25, -0.2) is 0 Å². The number of hydrogen-bond acceptors (Lipinski definition) is 4. The van der Waals surface area contributed by atoms with Crippen LogP contribution in [0.1, 0.15) is 38.7 Å². The van der Waals surface area contributed by atoms with Crippen LogP contribution in [0, 0.1) is 5.92 Å². The zero-order valence-electron chi connectivity index (χ0n) is 12.9. The van der Waals surface area contributed by atoms with Gasteiger partial charge in [0.1, 0.15) is 5.75 Å². The van der Waals surface area contributed by atoms with Gasteiger partial charge >= 0.3 is 0 Å². The summed E-state index contributed by atoms with van der Waals surface area (Å²) in [5, 5.41) is 11.3. The second kappa shape index (κ2) is 6.48. The summed E-state index contributed by atoms with van der Waals surface area (Å²) in [6.45, 7) is 4.76. The highest BCUT2D eigenvalue weighted by molar-refractivity contribution is 5.67. The molecule has 1 aromatic rings. The highest BCUT2D eigenvalue weighted by Gasteiger charge is 2.41. The van der Waals surface area contributed by atoms with Crippen molar-refractivity contribution in [2.75, 3.05) is 13.7 Å². The van der Waals surface area contributed by atoms with Crippen molar-refractivity contribution in [3.63, 3.8) is 0 Å². The van der Waals surface area contributed by atoms with Crippen molar-refractivity contribution < 1.29 is 19.4 Å². The van der Waals surface area contributed by atoms with Crippen LogP contribution in [0.4, 0.5) is 0 Å². The molecule has 1 aliphatic heterocycles. The minimum Gasteiger partial charge on any atom is -0.550 e. The number of hydrogen-bond donors (Lipinski definition) is 0. The molecule has 116 valence electrons. The van der Waals surface area contributed by atoms with E-state index in [-0.39, 0.29) is 12.5 Å². The summed E-state index contributed by atoms with van der Waals surface area (Å²) in [5.74, 6) is 0.0644. The van der Waals surface area contributed by atoms with Gasteiger partial charge in [0.15, 0.2) is 0 Å². The van der Waals surface area contributed by atoms with Gasteiger partial charge in [0, 0.05) is 23.6 Å². The first-order chi connectivity index (χ1) is 9.98. The molecule has 2 rings (SSSR count). The van der Waals surface area contributed by atoms with Gasteiger partial charge in [-0.15, -0.1) is 0 Å². The lowest BCUT2D eigenvalue weighted by molar-refractivity contribution is -0.307. The quantitative estimate of drug-likeness (QED) is 0.831. The van der Waals surface area contributed by atoms with Crippen LogP contribution in [0.15, 0.2) is 24.3 Å². The van der Waals surface area contributed by atoms with Gasteiger partial charge < -0.3 is 19.4 Å². The van der Waals surface area contributed by atoms with Crippen LogP contribution in [-0.2, 0) is 14.9 Å². The standard InChI is InChI=1S/C17H24O4/c1-12(2)15-10-17(8-9-21-15,11-16(18)19)13-6-4-5-7-14(13)20-3/h4-7,12,15H,8-11H2,1-3H3,(H,18,19)/p-1/t15-,17-/m1/s1. The largest absolute Gasteiger partial charge is 0.550 e. The second-order valence-electron chi connectivity index (χ2n) is 6.14. The number of methoxy groups -OCH3 is 1. The summed E-state index contributed by atoms with van der Waals surface area (Å²) < 4.78 is 11.3. The maximum Gasteiger partial charge on any atom is 0.122 e. The number of para-hydroxylation sites is 1. The normalized spacial score (nSPS) is 25.8. The Hall–Kier alpha value is -1.55. The Morgan fingerprint density at radius 2 is 2.19 bits per heavy atom. The van der Waals surface area contributed by atoms with E-state index in [9.17, 15) is 9.90 Å². The Kier molecular flexibility index (Phi) is 4.88. The number of benzene rings is 1. The Morgan fingerprint density at radius 1 is 1.48 bits per heavy atom. The van der Waals surface area contributed by atoms with Gasteiger partial charge in [-0.3, -0.25) is 0 Å². The third-order valence-electron chi connectivity index (χ3n) is 4.41. The third-order valence-corrected chi connectivity index (χ3v) is 4.41. The number of ether oxygens (including phenoxy) is 2. The molecule has 0 saturated carbocycles. The van der Waals surface area contributed by atoms with Gasteiger partial charge in [0.05, 0.1) is 13.2 Å². The van der Waals surface area contributed by atoms with E-state index < -0.39 is 11.4 Å². The topological polar surface area (TPSA) is 58.6 Å². The molecule has 1 heterocycles.